The van der Waals surface area contributed by atoms with Crippen molar-refractivity contribution in [1.29, 1.82) is 0 Å². The summed E-state index contributed by atoms with van der Waals surface area (Å²) in [6.45, 7) is 0. The summed E-state index contributed by atoms with van der Waals surface area (Å²) < 4.78 is 5.17. The Morgan fingerprint density at radius 1 is 1.31 bits per heavy atom. The molecule has 1 aromatic heterocycles. The van der Waals surface area contributed by atoms with Gasteiger partial charge in [-0.15, -0.1) is 0 Å². The third kappa shape index (κ3) is 1.05. The van der Waals surface area contributed by atoms with Crippen molar-refractivity contribution in [3.63, 3.8) is 0 Å². The van der Waals surface area contributed by atoms with Crippen molar-refractivity contribution < 1.29 is 4.42 Å². The summed E-state index contributed by atoms with van der Waals surface area (Å²) in [5.74, 6) is 10.4. The summed E-state index contributed by atoms with van der Waals surface area (Å²) in [5.41, 5.74) is 4.23. The van der Waals surface area contributed by atoms with Crippen LogP contribution < -0.4 is 11.3 Å². The Bertz CT molecular complexity index is 373. The van der Waals surface area contributed by atoms with E-state index in [0.717, 1.165) is 29.6 Å². The Balaban J connectivity index is 1.59. The average Bonchev–Trinajstić information content (AvgIpc) is 2.78. The Labute approximate surface area is 95.4 Å². The molecule has 0 aliphatic heterocycles. The first-order chi connectivity index (χ1) is 7.90. The zero-order chi connectivity index (χ0) is 10.7. The van der Waals surface area contributed by atoms with Gasteiger partial charge >= 0.3 is 0 Å². The van der Waals surface area contributed by atoms with Crippen molar-refractivity contribution in [3.05, 3.63) is 24.2 Å². The van der Waals surface area contributed by atoms with E-state index in [1.807, 2.05) is 12.3 Å². The molecule has 5 atom stereocenters. The molecule has 3 aliphatic carbocycles. The van der Waals surface area contributed by atoms with Gasteiger partial charge in [-0.3, -0.25) is 11.3 Å². The van der Waals surface area contributed by atoms with Crippen molar-refractivity contribution in [3.8, 4) is 0 Å². The number of fused-ring (bicyclic) bond motifs is 5. The summed E-state index contributed by atoms with van der Waals surface area (Å²) >= 11 is 0. The van der Waals surface area contributed by atoms with Gasteiger partial charge in [0.2, 0.25) is 0 Å². The van der Waals surface area contributed by atoms with Crippen LogP contribution >= 0.6 is 0 Å². The average molecular weight is 218 g/mol. The molecule has 1 heterocycles. The number of hydrogen-bond acceptors (Lipinski definition) is 3. The van der Waals surface area contributed by atoms with Crippen LogP contribution in [0.25, 0.3) is 0 Å². The molecule has 0 spiro atoms. The molecule has 3 aliphatic rings. The van der Waals surface area contributed by atoms with Crippen molar-refractivity contribution >= 4 is 0 Å². The molecule has 2 bridgehead atoms. The molecule has 3 saturated carbocycles. The van der Waals surface area contributed by atoms with Gasteiger partial charge in [0.25, 0.3) is 0 Å². The van der Waals surface area contributed by atoms with Gasteiger partial charge in [-0.25, -0.2) is 0 Å². The van der Waals surface area contributed by atoms with E-state index in [1.165, 1.54) is 24.8 Å². The zero-order valence-corrected chi connectivity index (χ0v) is 9.30. The quantitative estimate of drug-likeness (QED) is 0.603. The lowest BCUT2D eigenvalue weighted by Crippen LogP contribution is -2.31. The molecule has 3 nitrogen and oxygen atoms in total. The second-order valence-corrected chi connectivity index (χ2v) is 5.77. The topological polar surface area (TPSA) is 51.2 Å². The van der Waals surface area contributed by atoms with Gasteiger partial charge in [0.05, 0.1) is 18.6 Å². The minimum absolute atomic E-state index is 0.317. The number of nitrogens with one attached hydrogen (secondary N) is 1. The first-order valence-electron chi connectivity index (χ1n) is 6.38. The highest BCUT2D eigenvalue weighted by Crippen LogP contribution is 2.72. The summed E-state index contributed by atoms with van der Waals surface area (Å²) in [5, 5.41) is 0. The van der Waals surface area contributed by atoms with Gasteiger partial charge < -0.3 is 4.42 Å². The Hall–Kier alpha value is -0.800. The maximum absolute atomic E-state index is 5.73. The highest BCUT2D eigenvalue weighted by Gasteiger charge is 2.66. The number of hydrazine groups is 1. The van der Waals surface area contributed by atoms with Gasteiger partial charge in [0.1, 0.15) is 0 Å². The van der Waals surface area contributed by atoms with E-state index in [9.17, 15) is 0 Å². The van der Waals surface area contributed by atoms with Crippen LogP contribution in [0, 0.1) is 29.6 Å². The van der Waals surface area contributed by atoms with Crippen LogP contribution in [0.15, 0.2) is 23.0 Å². The lowest BCUT2D eigenvalue weighted by Gasteiger charge is -2.18. The first kappa shape index (κ1) is 9.25. The minimum Gasteiger partial charge on any atom is -0.472 e. The van der Waals surface area contributed by atoms with Crippen LogP contribution in [-0.4, -0.2) is 0 Å². The Morgan fingerprint density at radius 3 is 2.62 bits per heavy atom. The van der Waals surface area contributed by atoms with E-state index in [4.69, 9.17) is 10.3 Å². The first-order valence-corrected chi connectivity index (χ1v) is 6.38. The molecule has 5 unspecified atom stereocenters. The van der Waals surface area contributed by atoms with Crippen molar-refractivity contribution in [2.45, 2.75) is 25.3 Å². The van der Waals surface area contributed by atoms with Crippen molar-refractivity contribution in [2.75, 3.05) is 0 Å². The summed E-state index contributed by atoms with van der Waals surface area (Å²) in [7, 11) is 0. The third-order valence-corrected chi connectivity index (χ3v) is 5.26. The zero-order valence-electron chi connectivity index (χ0n) is 9.30. The van der Waals surface area contributed by atoms with Crippen LogP contribution in [0.2, 0.25) is 0 Å². The SMILES string of the molecule is NNC(c1ccoc1)C1C2C3CCC(C3)C21. The van der Waals surface area contributed by atoms with Crippen LogP contribution in [0.5, 0.6) is 0 Å². The predicted molar refractivity (Wildman–Crippen MR) is 60.1 cm³/mol. The van der Waals surface area contributed by atoms with Crippen LogP contribution in [0.4, 0.5) is 0 Å². The fourth-order valence-corrected chi connectivity index (χ4v) is 4.72. The third-order valence-electron chi connectivity index (χ3n) is 5.26. The predicted octanol–water partition coefficient (Wildman–Crippen LogP) is 2.08. The number of nitrogens with two attached hydrogens (primary N) is 1. The van der Waals surface area contributed by atoms with Crippen LogP contribution in [0.3, 0.4) is 0 Å². The lowest BCUT2D eigenvalue weighted by atomic mass is 9.95. The van der Waals surface area contributed by atoms with E-state index in [1.54, 1.807) is 6.26 Å². The van der Waals surface area contributed by atoms with Crippen LogP contribution in [-0.2, 0) is 0 Å². The monoisotopic (exact) mass is 218 g/mol. The van der Waals surface area contributed by atoms with Gasteiger partial charge in [-0.2, -0.15) is 0 Å². The maximum Gasteiger partial charge on any atom is 0.0950 e. The van der Waals surface area contributed by atoms with Crippen molar-refractivity contribution in [2.24, 2.45) is 35.4 Å². The molecule has 0 saturated heterocycles. The molecular weight excluding hydrogens is 200 g/mol. The number of furan rings is 1. The molecule has 16 heavy (non-hydrogen) atoms. The largest absolute Gasteiger partial charge is 0.472 e. The molecule has 3 fully saturated rings. The van der Waals surface area contributed by atoms with Crippen LogP contribution in [0.1, 0.15) is 30.9 Å². The maximum atomic E-state index is 5.73. The molecule has 3 N–H and O–H groups in total. The molecule has 0 amide bonds. The van der Waals surface area contributed by atoms with E-state index < -0.39 is 0 Å². The highest BCUT2D eigenvalue weighted by molar-refractivity contribution is 5.23. The minimum atomic E-state index is 0.317. The van der Waals surface area contributed by atoms with Gasteiger partial charge in [0.15, 0.2) is 0 Å². The second kappa shape index (κ2) is 3.11. The summed E-state index contributed by atoms with van der Waals surface area (Å²) in [6, 6.07) is 2.36. The fraction of sp³-hybridized carbons (Fsp3) is 0.692. The summed E-state index contributed by atoms with van der Waals surface area (Å²) in [4.78, 5) is 0. The smallest absolute Gasteiger partial charge is 0.0950 e. The summed E-state index contributed by atoms with van der Waals surface area (Å²) in [6.07, 6.45) is 8.00. The molecule has 86 valence electrons. The normalized spacial score (nSPS) is 45.7. The molecular formula is C13H18N2O. The van der Waals surface area contributed by atoms with Crippen molar-refractivity contribution in [1.82, 2.24) is 5.43 Å². The standard InChI is InChI=1S/C13H18N2O/c14-15-13(9-3-4-16-6-9)12-10-7-1-2-8(5-7)11(10)12/h3-4,6-8,10-13,15H,1-2,5,14H2. The molecule has 0 aromatic carbocycles. The van der Waals surface area contributed by atoms with Gasteiger partial charge in [-0.1, -0.05) is 0 Å². The molecule has 3 heteroatoms. The van der Waals surface area contributed by atoms with Gasteiger partial charge in [0, 0.05) is 5.56 Å². The van der Waals surface area contributed by atoms with E-state index >= 15 is 0 Å². The van der Waals surface area contributed by atoms with Gasteiger partial charge in [-0.05, 0) is 54.9 Å². The number of rotatable bonds is 3. The molecule has 4 rings (SSSR count). The Morgan fingerprint density at radius 2 is 2.06 bits per heavy atom. The molecule has 1 aromatic rings. The molecule has 0 radical (unpaired) electrons. The highest BCUT2D eigenvalue weighted by atomic mass is 16.3. The number of hydrogen-bond donors (Lipinski definition) is 2. The van der Waals surface area contributed by atoms with E-state index in [2.05, 4.69) is 5.43 Å². The van der Waals surface area contributed by atoms with E-state index in [0.29, 0.717) is 6.04 Å². The Kier molecular flexibility index (Phi) is 1.80. The lowest BCUT2D eigenvalue weighted by molar-refractivity contribution is 0.372. The fourth-order valence-electron chi connectivity index (χ4n) is 4.72. The second-order valence-electron chi connectivity index (χ2n) is 5.77. The van der Waals surface area contributed by atoms with E-state index in [-0.39, 0.29) is 0 Å².